The molecule has 8 heteroatoms. The summed E-state index contributed by atoms with van der Waals surface area (Å²) in [5.74, 6) is 3.52. The number of aromatic nitrogens is 3. The summed E-state index contributed by atoms with van der Waals surface area (Å²) < 4.78 is 25.2. The van der Waals surface area contributed by atoms with Crippen molar-refractivity contribution in [2.75, 3.05) is 26.6 Å². The van der Waals surface area contributed by atoms with Gasteiger partial charge in [-0.05, 0) is 42.0 Å². The summed E-state index contributed by atoms with van der Waals surface area (Å²) in [6.45, 7) is 0. The first-order chi connectivity index (χ1) is 17.2. The lowest BCUT2D eigenvalue weighted by Gasteiger charge is -2.39. The third kappa shape index (κ3) is 3.37. The Balaban J connectivity index is 1.61. The number of rotatable bonds is 5. The summed E-state index contributed by atoms with van der Waals surface area (Å²) in [5.41, 5.74) is 4.89. The van der Waals surface area contributed by atoms with Crippen molar-refractivity contribution in [2.24, 2.45) is 0 Å². The van der Waals surface area contributed by atoms with Crippen molar-refractivity contribution in [3.63, 3.8) is 0 Å². The second-order valence-electron chi connectivity index (χ2n) is 8.27. The molecule has 2 aliphatic rings. The van der Waals surface area contributed by atoms with Crippen LogP contribution in [0.4, 0.5) is 5.95 Å². The molecule has 1 N–H and O–H groups in total. The predicted octanol–water partition coefficient (Wildman–Crippen LogP) is 4.86. The minimum atomic E-state index is -0.391. The molecule has 0 unspecified atom stereocenters. The maximum atomic E-state index is 6.66. The van der Waals surface area contributed by atoms with Crippen molar-refractivity contribution < 1.29 is 18.9 Å². The van der Waals surface area contributed by atoms with E-state index >= 15 is 0 Å². The predicted molar refractivity (Wildman–Crippen MR) is 131 cm³/mol. The molecule has 2 atom stereocenters. The zero-order chi connectivity index (χ0) is 23.9. The molecule has 8 nitrogen and oxygen atoms in total. The van der Waals surface area contributed by atoms with E-state index in [4.69, 9.17) is 18.9 Å². The van der Waals surface area contributed by atoms with E-state index in [1.54, 1.807) is 27.7 Å². The van der Waals surface area contributed by atoms with Crippen LogP contribution < -0.4 is 24.3 Å². The van der Waals surface area contributed by atoms with Crippen LogP contribution in [0.2, 0.25) is 0 Å². The number of nitrogens with zero attached hydrogens (tertiary/aromatic N) is 3. The molecule has 0 saturated carbocycles. The van der Waals surface area contributed by atoms with E-state index in [9.17, 15) is 0 Å². The molecule has 35 heavy (non-hydrogen) atoms. The van der Waals surface area contributed by atoms with Crippen molar-refractivity contribution >= 4 is 11.6 Å². The van der Waals surface area contributed by atoms with Gasteiger partial charge in [-0.3, -0.25) is 0 Å². The number of fused-ring (bicyclic) bond motifs is 3. The Morgan fingerprint density at radius 1 is 0.857 bits per heavy atom. The quantitative estimate of drug-likeness (QED) is 0.448. The molecular weight excluding hydrogens is 444 g/mol. The van der Waals surface area contributed by atoms with Crippen LogP contribution in [0.5, 0.6) is 23.0 Å². The topological polar surface area (TPSA) is 79.7 Å². The fraction of sp³-hybridized carbons (Fsp3) is 0.185. The molecule has 2 aliphatic heterocycles. The molecule has 3 aromatic carbocycles. The molecule has 0 bridgehead atoms. The summed E-state index contributed by atoms with van der Waals surface area (Å²) in [6, 6.07) is 21.6. The average molecular weight is 469 g/mol. The Bertz CT molecular complexity index is 1440. The van der Waals surface area contributed by atoms with E-state index in [0.717, 1.165) is 39.5 Å². The van der Waals surface area contributed by atoms with Crippen molar-refractivity contribution in [3.05, 3.63) is 95.3 Å². The lowest BCUT2D eigenvalue weighted by atomic mass is 9.84. The van der Waals surface area contributed by atoms with Crippen LogP contribution >= 0.6 is 0 Å². The Kier molecular flexibility index (Phi) is 5.06. The third-order valence-corrected chi connectivity index (χ3v) is 6.44. The number of hydrogen-bond acceptors (Lipinski definition) is 7. The highest BCUT2D eigenvalue weighted by Crippen LogP contribution is 2.51. The summed E-state index contributed by atoms with van der Waals surface area (Å²) in [7, 11) is 4.93. The minimum Gasteiger partial charge on any atom is -0.497 e. The van der Waals surface area contributed by atoms with Gasteiger partial charge >= 0.3 is 0 Å². The molecule has 1 aromatic heterocycles. The fourth-order valence-corrected chi connectivity index (χ4v) is 4.84. The van der Waals surface area contributed by atoms with Crippen molar-refractivity contribution in [1.82, 2.24) is 14.8 Å². The second kappa shape index (κ2) is 8.39. The van der Waals surface area contributed by atoms with Gasteiger partial charge in [0.05, 0.1) is 27.0 Å². The number of anilines is 1. The normalized spacial score (nSPS) is 17.9. The first kappa shape index (κ1) is 21.1. The molecule has 0 spiro atoms. The summed E-state index contributed by atoms with van der Waals surface area (Å²) in [4.78, 5) is 4.49. The number of para-hydroxylation sites is 1. The Labute approximate surface area is 202 Å². The van der Waals surface area contributed by atoms with Gasteiger partial charge in [0.1, 0.15) is 30.0 Å². The van der Waals surface area contributed by atoms with E-state index in [1.807, 2.05) is 65.3 Å². The molecule has 0 radical (unpaired) electrons. The highest BCUT2D eigenvalue weighted by molar-refractivity contribution is 5.85. The Hall–Kier alpha value is -4.46. The van der Waals surface area contributed by atoms with Crippen LogP contribution in [-0.2, 0) is 0 Å². The van der Waals surface area contributed by atoms with E-state index in [-0.39, 0.29) is 6.04 Å². The van der Waals surface area contributed by atoms with Crippen LogP contribution in [0.1, 0.15) is 28.8 Å². The van der Waals surface area contributed by atoms with E-state index in [2.05, 4.69) is 21.5 Å². The number of ether oxygens (including phenoxy) is 4. The third-order valence-electron chi connectivity index (χ3n) is 6.44. The molecule has 0 fully saturated rings. The van der Waals surface area contributed by atoms with Crippen LogP contribution in [0.3, 0.4) is 0 Å². The summed E-state index contributed by atoms with van der Waals surface area (Å²) in [5, 5.41) is 8.09. The molecule has 4 aromatic rings. The van der Waals surface area contributed by atoms with Crippen molar-refractivity contribution in [3.8, 4) is 23.0 Å². The molecule has 6 rings (SSSR count). The van der Waals surface area contributed by atoms with Gasteiger partial charge < -0.3 is 24.3 Å². The molecule has 0 saturated heterocycles. The Morgan fingerprint density at radius 3 is 2.54 bits per heavy atom. The number of hydrogen-bond donors (Lipinski definition) is 1. The fourth-order valence-electron chi connectivity index (χ4n) is 4.84. The van der Waals surface area contributed by atoms with Gasteiger partial charge in [0, 0.05) is 16.7 Å². The van der Waals surface area contributed by atoms with Crippen molar-refractivity contribution in [1.29, 1.82) is 0 Å². The number of methoxy groups -OCH3 is 3. The van der Waals surface area contributed by atoms with Crippen molar-refractivity contribution in [2.45, 2.75) is 12.1 Å². The highest BCUT2D eigenvalue weighted by atomic mass is 16.5. The smallest absolute Gasteiger partial charge is 0.226 e. The second-order valence-corrected chi connectivity index (χ2v) is 8.27. The molecule has 0 amide bonds. The lowest BCUT2D eigenvalue weighted by Crippen LogP contribution is -2.32. The van der Waals surface area contributed by atoms with E-state index in [1.165, 1.54) is 0 Å². The van der Waals surface area contributed by atoms with Crippen LogP contribution in [0.25, 0.3) is 5.70 Å². The average Bonchev–Trinajstić information content (AvgIpc) is 3.39. The molecule has 0 aliphatic carbocycles. The van der Waals surface area contributed by atoms with Crippen LogP contribution in [0.15, 0.2) is 78.6 Å². The Morgan fingerprint density at radius 2 is 1.71 bits per heavy atom. The summed E-state index contributed by atoms with van der Waals surface area (Å²) >= 11 is 0. The number of nitrogens with one attached hydrogen (secondary N) is 1. The SMILES string of the molecule is COc1cccc([C@@H]2Oc3ccccc3C3=C2[C@@H](c2ccc(OC)c(OC)c2)n2ncnc2N3)c1. The van der Waals surface area contributed by atoms with Gasteiger partial charge in [-0.15, -0.1) is 0 Å². The van der Waals surface area contributed by atoms with Gasteiger partial charge in [-0.2, -0.15) is 10.1 Å². The van der Waals surface area contributed by atoms with Gasteiger partial charge in [0.15, 0.2) is 11.5 Å². The zero-order valence-corrected chi connectivity index (χ0v) is 19.6. The number of benzene rings is 3. The van der Waals surface area contributed by atoms with E-state index in [0.29, 0.717) is 17.4 Å². The first-order valence-electron chi connectivity index (χ1n) is 11.2. The van der Waals surface area contributed by atoms with E-state index < -0.39 is 6.10 Å². The largest absolute Gasteiger partial charge is 0.497 e. The van der Waals surface area contributed by atoms with Gasteiger partial charge in [-0.1, -0.05) is 30.3 Å². The zero-order valence-electron chi connectivity index (χ0n) is 19.6. The lowest BCUT2D eigenvalue weighted by molar-refractivity contribution is 0.222. The van der Waals surface area contributed by atoms with Crippen LogP contribution in [-0.4, -0.2) is 36.1 Å². The highest BCUT2D eigenvalue weighted by Gasteiger charge is 2.41. The molecule has 3 heterocycles. The van der Waals surface area contributed by atoms with Gasteiger partial charge in [-0.25, -0.2) is 4.68 Å². The maximum absolute atomic E-state index is 6.66. The van der Waals surface area contributed by atoms with Gasteiger partial charge in [0.25, 0.3) is 0 Å². The minimum absolute atomic E-state index is 0.298. The summed E-state index contributed by atoms with van der Waals surface area (Å²) in [6.07, 6.45) is 1.17. The first-order valence-corrected chi connectivity index (χ1v) is 11.2. The molecular formula is C27H24N4O4. The monoisotopic (exact) mass is 468 g/mol. The van der Waals surface area contributed by atoms with Crippen LogP contribution in [0, 0.1) is 0 Å². The molecule has 176 valence electrons. The van der Waals surface area contributed by atoms with Gasteiger partial charge in [0.2, 0.25) is 5.95 Å². The standard InChI is InChI=1S/C27H24N4O4/c1-32-18-8-6-7-17(13-18)26-23-24(19-9-4-5-10-20(19)35-26)30-27-28-15-29-31(27)25(23)16-11-12-21(33-2)22(14-16)34-3/h4-15,25-26H,1-3H3,(H,28,29,30)/t25-,26+/m1/s1. The maximum Gasteiger partial charge on any atom is 0.226 e.